The third-order valence-electron chi connectivity index (χ3n) is 4.72. The van der Waals surface area contributed by atoms with E-state index in [1.807, 2.05) is 6.07 Å². The number of ether oxygens (including phenoxy) is 1. The van der Waals surface area contributed by atoms with E-state index in [0.717, 1.165) is 5.56 Å². The van der Waals surface area contributed by atoms with Gasteiger partial charge in [0.2, 0.25) is 15.9 Å². The summed E-state index contributed by atoms with van der Waals surface area (Å²) < 4.78 is 39.0. The molecule has 0 radical (unpaired) electrons. The minimum absolute atomic E-state index is 0.135. The zero-order valence-electron chi connectivity index (χ0n) is 18.3. The van der Waals surface area contributed by atoms with Gasteiger partial charge >= 0.3 is 0 Å². The lowest BCUT2D eigenvalue weighted by atomic mass is 10.1. The van der Waals surface area contributed by atoms with Crippen molar-refractivity contribution >= 4 is 33.8 Å². The number of carbonyl (C=O) groups excluding carboxylic acids is 1. The predicted octanol–water partition coefficient (Wildman–Crippen LogP) is 3.91. The van der Waals surface area contributed by atoms with Crippen LogP contribution in [0.15, 0.2) is 51.9 Å². The lowest BCUT2D eigenvalue weighted by molar-refractivity contribution is -0.114. The summed E-state index contributed by atoms with van der Waals surface area (Å²) in [6.07, 6.45) is 3.34. The number of hydrogen-bond acceptors (Lipinski definition) is 6. The quantitative estimate of drug-likeness (QED) is 0.533. The maximum absolute atomic E-state index is 12.9. The van der Waals surface area contributed by atoms with Crippen LogP contribution >= 0.6 is 0 Å². The highest BCUT2D eigenvalue weighted by molar-refractivity contribution is 7.89. The summed E-state index contributed by atoms with van der Waals surface area (Å²) in [4.78, 5) is 11.6. The van der Waals surface area contributed by atoms with Gasteiger partial charge in [0.25, 0.3) is 0 Å². The maximum atomic E-state index is 12.9. The average Bonchev–Trinajstić information content (AvgIpc) is 3.10. The van der Waals surface area contributed by atoms with E-state index in [2.05, 4.69) is 15.2 Å². The smallest absolute Gasteiger partial charge is 0.241 e. The summed E-state index contributed by atoms with van der Waals surface area (Å²) in [7, 11) is -2.19. The van der Waals surface area contributed by atoms with Crippen LogP contribution in [0.1, 0.15) is 35.1 Å². The number of rotatable bonds is 8. The van der Waals surface area contributed by atoms with Crippen molar-refractivity contribution in [2.24, 2.45) is 0 Å². The number of aromatic nitrogens is 1. The minimum Gasteiger partial charge on any atom is -0.497 e. The van der Waals surface area contributed by atoms with Gasteiger partial charge in [-0.1, -0.05) is 35.5 Å². The van der Waals surface area contributed by atoms with Crippen molar-refractivity contribution < 1.29 is 22.5 Å². The summed E-state index contributed by atoms with van der Waals surface area (Å²) in [5, 5.41) is 6.54. The SMILES string of the molecule is COc1cccc(CNS(=O)(=O)c2cc(/C=C\c3onc(C)c3NC(C)=O)ccc2C)c1. The van der Waals surface area contributed by atoms with E-state index in [4.69, 9.17) is 9.26 Å². The van der Waals surface area contributed by atoms with Crippen molar-refractivity contribution in [3.63, 3.8) is 0 Å². The Hall–Kier alpha value is -3.43. The number of nitrogens with zero attached hydrogens (tertiary/aromatic N) is 1. The van der Waals surface area contributed by atoms with Crippen LogP contribution < -0.4 is 14.8 Å². The van der Waals surface area contributed by atoms with Gasteiger partial charge in [0.15, 0.2) is 5.76 Å². The molecule has 2 aromatic carbocycles. The fourth-order valence-electron chi connectivity index (χ4n) is 3.05. The Balaban J connectivity index is 1.82. The van der Waals surface area contributed by atoms with Gasteiger partial charge in [-0.3, -0.25) is 4.79 Å². The highest BCUT2D eigenvalue weighted by Crippen LogP contribution is 2.24. The number of amides is 1. The second-order valence-electron chi connectivity index (χ2n) is 7.22. The van der Waals surface area contributed by atoms with E-state index in [-0.39, 0.29) is 17.3 Å². The summed E-state index contributed by atoms with van der Waals surface area (Å²) >= 11 is 0. The number of nitrogens with one attached hydrogen (secondary N) is 2. The van der Waals surface area contributed by atoms with Crippen molar-refractivity contribution in [3.05, 3.63) is 70.6 Å². The van der Waals surface area contributed by atoms with E-state index in [1.165, 1.54) is 6.92 Å². The summed E-state index contributed by atoms with van der Waals surface area (Å²) in [6.45, 7) is 4.99. The second-order valence-corrected chi connectivity index (χ2v) is 8.96. The number of aryl methyl sites for hydroxylation is 2. The Labute approximate surface area is 187 Å². The van der Waals surface area contributed by atoms with Crippen LogP contribution in [0.2, 0.25) is 0 Å². The molecule has 0 saturated carbocycles. The zero-order valence-corrected chi connectivity index (χ0v) is 19.1. The monoisotopic (exact) mass is 455 g/mol. The highest BCUT2D eigenvalue weighted by atomic mass is 32.2. The van der Waals surface area contributed by atoms with Crippen molar-refractivity contribution in [3.8, 4) is 5.75 Å². The van der Waals surface area contributed by atoms with E-state index in [1.54, 1.807) is 69.5 Å². The largest absolute Gasteiger partial charge is 0.497 e. The molecular formula is C23H25N3O5S. The maximum Gasteiger partial charge on any atom is 0.241 e. The topological polar surface area (TPSA) is 111 Å². The van der Waals surface area contributed by atoms with Gasteiger partial charge in [-0.2, -0.15) is 0 Å². The first kappa shape index (κ1) is 23.2. The van der Waals surface area contributed by atoms with Gasteiger partial charge in [0.1, 0.15) is 17.1 Å². The third kappa shape index (κ3) is 5.63. The number of carbonyl (C=O) groups is 1. The van der Waals surface area contributed by atoms with Crippen LogP contribution in [0.25, 0.3) is 12.2 Å². The van der Waals surface area contributed by atoms with Gasteiger partial charge in [-0.05, 0) is 54.8 Å². The molecule has 1 heterocycles. The molecule has 1 aromatic heterocycles. The molecule has 8 nitrogen and oxygen atoms in total. The first-order valence-corrected chi connectivity index (χ1v) is 11.3. The fourth-order valence-corrected chi connectivity index (χ4v) is 4.34. The van der Waals surface area contributed by atoms with E-state index in [0.29, 0.717) is 34.0 Å². The van der Waals surface area contributed by atoms with Crippen LogP contribution in [-0.2, 0) is 21.4 Å². The van der Waals surface area contributed by atoms with Crippen molar-refractivity contribution in [1.29, 1.82) is 0 Å². The molecule has 0 fully saturated rings. The van der Waals surface area contributed by atoms with Gasteiger partial charge in [0, 0.05) is 13.5 Å². The number of hydrogen-bond donors (Lipinski definition) is 2. The first-order chi connectivity index (χ1) is 15.2. The molecule has 0 spiro atoms. The number of anilines is 1. The van der Waals surface area contributed by atoms with Gasteiger partial charge in [0.05, 0.1) is 12.0 Å². The molecule has 0 bridgehead atoms. The Morgan fingerprint density at radius 3 is 2.66 bits per heavy atom. The van der Waals surface area contributed by atoms with Crippen molar-refractivity contribution in [2.75, 3.05) is 12.4 Å². The molecule has 0 saturated heterocycles. The molecule has 168 valence electrons. The molecule has 1 amide bonds. The number of sulfonamides is 1. The number of methoxy groups -OCH3 is 1. The summed E-state index contributed by atoms with van der Waals surface area (Å²) in [6, 6.07) is 12.3. The van der Waals surface area contributed by atoms with E-state index in [9.17, 15) is 13.2 Å². The molecule has 32 heavy (non-hydrogen) atoms. The Morgan fingerprint density at radius 1 is 1.16 bits per heavy atom. The Morgan fingerprint density at radius 2 is 1.94 bits per heavy atom. The highest BCUT2D eigenvalue weighted by Gasteiger charge is 2.17. The molecule has 0 unspecified atom stereocenters. The molecule has 0 aliphatic carbocycles. The number of benzene rings is 2. The molecule has 0 aliphatic heterocycles. The van der Waals surface area contributed by atoms with E-state index >= 15 is 0 Å². The van der Waals surface area contributed by atoms with Crippen LogP contribution in [0.5, 0.6) is 5.75 Å². The van der Waals surface area contributed by atoms with Crippen LogP contribution in [0, 0.1) is 13.8 Å². The van der Waals surface area contributed by atoms with Crippen LogP contribution in [0.4, 0.5) is 5.69 Å². The van der Waals surface area contributed by atoms with Crippen molar-refractivity contribution in [2.45, 2.75) is 32.2 Å². The molecule has 0 atom stereocenters. The Kier molecular flexibility index (Phi) is 7.12. The molecule has 0 aliphatic rings. The molecule has 2 N–H and O–H groups in total. The van der Waals surface area contributed by atoms with Crippen LogP contribution in [0.3, 0.4) is 0 Å². The zero-order chi connectivity index (χ0) is 23.3. The molecule has 3 aromatic rings. The molecular weight excluding hydrogens is 430 g/mol. The minimum atomic E-state index is -3.75. The predicted molar refractivity (Wildman–Crippen MR) is 123 cm³/mol. The molecule has 9 heteroatoms. The standard InChI is InChI=1S/C23H25N3O5S/c1-15-8-9-18(10-11-21-23(25-17(3)27)16(2)26-31-21)13-22(15)32(28,29)24-14-19-6-5-7-20(12-19)30-4/h5-13,24H,14H2,1-4H3,(H,25,27)/b11-10-. The third-order valence-corrected chi connectivity index (χ3v) is 6.26. The first-order valence-electron chi connectivity index (χ1n) is 9.85. The van der Waals surface area contributed by atoms with Gasteiger partial charge in [-0.25, -0.2) is 13.1 Å². The normalized spacial score (nSPS) is 11.6. The summed E-state index contributed by atoms with van der Waals surface area (Å²) in [5.74, 6) is 0.793. The average molecular weight is 456 g/mol. The Bertz CT molecular complexity index is 1260. The van der Waals surface area contributed by atoms with Crippen molar-refractivity contribution in [1.82, 2.24) is 9.88 Å². The summed E-state index contributed by atoms with van der Waals surface area (Å²) in [5.41, 5.74) is 3.09. The molecule has 3 rings (SSSR count). The van der Waals surface area contributed by atoms with Gasteiger partial charge in [-0.15, -0.1) is 0 Å². The van der Waals surface area contributed by atoms with Crippen LogP contribution in [-0.4, -0.2) is 26.6 Å². The lowest BCUT2D eigenvalue weighted by Gasteiger charge is -2.11. The second kappa shape index (κ2) is 9.80. The fraction of sp³-hybridized carbons (Fsp3) is 0.217. The van der Waals surface area contributed by atoms with Gasteiger partial charge < -0.3 is 14.6 Å². The van der Waals surface area contributed by atoms with E-state index < -0.39 is 10.0 Å². The lowest BCUT2D eigenvalue weighted by Crippen LogP contribution is -2.24.